The third kappa shape index (κ3) is 3.68. The summed E-state index contributed by atoms with van der Waals surface area (Å²) in [7, 11) is 0. The first-order valence-electron chi connectivity index (χ1n) is 10.1. The summed E-state index contributed by atoms with van der Waals surface area (Å²) >= 11 is 0. The SMILES string of the molecule is CCCCC1CC2=C(C(=O)OC2=O)C(C(O)CCCC)CC2=C1C(=O)OC2=O. The van der Waals surface area contributed by atoms with Crippen molar-refractivity contribution in [3.05, 3.63) is 22.3 Å². The number of hydrogen-bond donors (Lipinski definition) is 1. The van der Waals surface area contributed by atoms with Crippen LogP contribution in [-0.4, -0.2) is 35.1 Å². The number of carbonyl (C=O) groups excluding carboxylic acids is 4. The van der Waals surface area contributed by atoms with Crippen LogP contribution in [-0.2, 0) is 28.7 Å². The molecule has 0 saturated heterocycles. The standard InChI is InChI=1S/C21H26O7/c1-3-5-7-11-9-13-17(21(26)28-18(13)23)12(15(22)8-6-4-2)10-14-16(11)20(25)27-19(14)24/h11-12,15,22H,3-10H2,1-2H3. The Morgan fingerprint density at radius 3 is 2.04 bits per heavy atom. The molecule has 0 spiro atoms. The van der Waals surface area contributed by atoms with Crippen molar-refractivity contribution in [3.8, 4) is 0 Å². The molecule has 7 heteroatoms. The van der Waals surface area contributed by atoms with E-state index >= 15 is 0 Å². The monoisotopic (exact) mass is 390 g/mol. The minimum atomic E-state index is -0.923. The van der Waals surface area contributed by atoms with Crippen molar-refractivity contribution < 1.29 is 33.8 Å². The van der Waals surface area contributed by atoms with Crippen molar-refractivity contribution in [1.82, 2.24) is 0 Å². The molecule has 1 aliphatic carbocycles. The van der Waals surface area contributed by atoms with Gasteiger partial charge >= 0.3 is 23.9 Å². The van der Waals surface area contributed by atoms with E-state index in [4.69, 9.17) is 9.47 Å². The number of esters is 4. The maximum Gasteiger partial charge on any atom is 0.342 e. The van der Waals surface area contributed by atoms with E-state index in [9.17, 15) is 24.3 Å². The van der Waals surface area contributed by atoms with Crippen LogP contribution in [0.4, 0.5) is 0 Å². The predicted octanol–water partition coefficient (Wildman–Crippen LogP) is 2.51. The molecular formula is C21H26O7. The van der Waals surface area contributed by atoms with Gasteiger partial charge in [0.2, 0.25) is 0 Å². The molecule has 3 aliphatic rings. The fourth-order valence-electron chi connectivity index (χ4n) is 4.35. The largest absolute Gasteiger partial charge is 0.392 e. The normalized spacial score (nSPS) is 26.0. The van der Waals surface area contributed by atoms with Gasteiger partial charge in [-0.1, -0.05) is 39.5 Å². The molecule has 152 valence electrons. The Balaban J connectivity index is 2.07. The minimum Gasteiger partial charge on any atom is -0.392 e. The van der Waals surface area contributed by atoms with Crippen molar-refractivity contribution in [2.45, 2.75) is 71.3 Å². The van der Waals surface area contributed by atoms with E-state index in [0.29, 0.717) is 18.4 Å². The highest BCUT2D eigenvalue weighted by atomic mass is 16.6. The van der Waals surface area contributed by atoms with Gasteiger partial charge in [-0.25, -0.2) is 19.2 Å². The number of aliphatic hydroxyl groups excluding tert-OH is 1. The molecular weight excluding hydrogens is 364 g/mol. The summed E-state index contributed by atoms with van der Waals surface area (Å²) < 4.78 is 9.71. The summed E-state index contributed by atoms with van der Waals surface area (Å²) in [6.07, 6.45) is 3.50. The smallest absolute Gasteiger partial charge is 0.342 e. The number of aliphatic hydroxyl groups is 1. The van der Waals surface area contributed by atoms with Gasteiger partial charge in [-0.05, 0) is 31.6 Å². The van der Waals surface area contributed by atoms with Crippen LogP contribution in [0.25, 0.3) is 0 Å². The van der Waals surface area contributed by atoms with Gasteiger partial charge in [-0.2, -0.15) is 0 Å². The fourth-order valence-corrected chi connectivity index (χ4v) is 4.35. The van der Waals surface area contributed by atoms with Crippen molar-refractivity contribution in [2.75, 3.05) is 0 Å². The quantitative estimate of drug-likeness (QED) is 0.526. The molecule has 28 heavy (non-hydrogen) atoms. The third-order valence-electron chi connectivity index (χ3n) is 5.83. The van der Waals surface area contributed by atoms with Crippen LogP contribution in [0.1, 0.15) is 65.2 Å². The molecule has 2 heterocycles. The summed E-state index contributed by atoms with van der Waals surface area (Å²) in [6.45, 7) is 3.99. The van der Waals surface area contributed by atoms with E-state index in [1.165, 1.54) is 0 Å². The number of carbonyl (C=O) groups is 4. The lowest BCUT2D eigenvalue weighted by atomic mass is 9.75. The molecule has 0 bridgehead atoms. The molecule has 0 radical (unpaired) electrons. The third-order valence-corrected chi connectivity index (χ3v) is 5.83. The number of rotatable bonds is 7. The van der Waals surface area contributed by atoms with Gasteiger partial charge in [0.15, 0.2) is 0 Å². The Morgan fingerprint density at radius 1 is 0.857 bits per heavy atom. The number of hydrogen-bond acceptors (Lipinski definition) is 7. The molecule has 1 N–H and O–H groups in total. The predicted molar refractivity (Wildman–Crippen MR) is 97.5 cm³/mol. The fraction of sp³-hybridized carbons (Fsp3) is 0.619. The number of cyclic esters (lactones) is 4. The van der Waals surface area contributed by atoms with Crippen LogP contribution in [0.5, 0.6) is 0 Å². The second kappa shape index (κ2) is 8.39. The van der Waals surface area contributed by atoms with E-state index in [2.05, 4.69) is 0 Å². The Bertz CT molecular complexity index is 774. The topological polar surface area (TPSA) is 107 Å². The van der Waals surface area contributed by atoms with Gasteiger partial charge in [0, 0.05) is 17.1 Å². The lowest BCUT2D eigenvalue weighted by Gasteiger charge is -2.27. The molecule has 0 amide bonds. The highest BCUT2D eigenvalue weighted by Gasteiger charge is 2.47. The van der Waals surface area contributed by atoms with Gasteiger partial charge in [0.1, 0.15) is 0 Å². The summed E-state index contributed by atoms with van der Waals surface area (Å²) in [6, 6.07) is 0. The highest BCUT2D eigenvalue weighted by molar-refractivity contribution is 6.15. The second-order valence-electron chi connectivity index (χ2n) is 7.70. The molecule has 0 aromatic rings. The summed E-state index contributed by atoms with van der Waals surface area (Å²) in [4.78, 5) is 49.5. The van der Waals surface area contributed by atoms with Gasteiger partial charge < -0.3 is 14.6 Å². The second-order valence-corrected chi connectivity index (χ2v) is 7.70. The highest BCUT2D eigenvalue weighted by Crippen LogP contribution is 2.44. The van der Waals surface area contributed by atoms with Crippen molar-refractivity contribution in [1.29, 1.82) is 0 Å². The van der Waals surface area contributed by atoms with Crippen LogP contribution >= 0.6 is 0 Å². The van der Waals surface area contributed by atoms with Crippen molar-refractivity contribution in [3.63, 3.8) is 0 Å². The molecule has 0 aromatic carbocycles. The zero-order valence-corrected chi connectivity index (χ0v) is 16.3. The molecule has 3 rings (SSSR count). The van der Waals surface area contributed by atoms with Crippen LogP contribution in [0.15, 0.2) is 22.3 Å². The van der Waals surface area contributed by atoms with E-state index < -0.39 is 35.9 Å². The first-order valence-corrected chi connectivity index (χ1v) is 10.1. The van der Waals surface area contributed by atoms with Gasteiger partial charge in [-0.3, -0.25) is 0 Å². The molecule has 7 nitrogen and oxygen atoms in total. The molecule has 0 saturated carbocycles. The maximum atomic E-state index is 12.4. The first-order chi connectivity index (χ1) is 13.4. The van der Waals surface area contributed by atoms with Gasteiger partial charge in [0.25, 0.3) is 0 Å². The van der Waals surface area contributed by atoms with Crippen LogP contribution < -0.4 is 0 Å². The van der Waals surface area contributed by atoms with Gasteiger partial charge in [-0.15, -0.1) is 0 Å². The first kappa shape index (κ1) is 20.5. The Kier molecular flexibility index (Phi) is 6.13. The Hall–Kier alpha value is -2.28. The molecule has 3 atom stereocenters. The number of ether oxygens (including phenoxy) is 2. The van der Waals surface area contributed by atoms with Crippen molar-refractivity contribution in [2.24, 2.45) is 11.8 Å². The van der Waals surface area contributed by atoms with Gasteiger partial charge in [0.05, 0.1) is 17.3 Å². The minimum absolute atomic E-state index is 0.00533. The van der Waals surface area contributed by atoms with Crippen LogP contribution in [0.2, 0.25) is 0 Å². The molecule has 3 unspecified atom stereocenters. The molecule has 2 aliphatic heterocycles. The van der Waals surface area contributed by atoms with E-state index in [1.807, 2.05) is 13.8 Å². The van der Waals surface area contributed by atoms with Crippen LogP contribution in [0, 0.1) is 11.8 Å². The summed E-state index contributed by atoms with van der Waals surface area (Å²) in [5, 5.41) is 10.7. The lowest BCUT2D eigenvalue weighted by molar-refractivity contribution is -0.154. The van der Waals surface area contributed by atoms with Crippen molar-refractivity contribution >= 4 is 23.9 Å². The Labute approximate surface area is 163 Å². The number of unbranched alkanes of at least 4 members (excludes halogenated alkanes) is 2. The Morgan fingerprint density at radius 2 is 1.43 bits per heavy atom. The zero-order valence-electron chi connectivity index (χ0n) is 16.3. The lowest BCUT2D eigenvalue weighted by Crippen LogP contribution is -2.29. The molecule has 0 aromatic heterocycles. The van der Waals surface area contributed by atoms with E-state index in [1.54, 1.807) is 0 Å². The summed E-state index contributed by atoms with van der Waals surface area (Å²) in [5.74, 6) is -4.00. The van der Waals surface area contributed by atoms with E-state index in [-0.39, 0.29) is 35.5 Å². The summed E-state index contributed by atoms with van der Waals surface area (Å²) in [5.41, 5.74) is 0.911. The average molecular weight is 390 g/mol. The zero-order chi connectivity index (χ0) is 20.4. The van der Waals surface area contributed by atoms with E-state index in [0.717, 1.165) is 25.7 Å². The molecule has 0 fully saturated rings. The van der Waals surface area contributed by atoms with Crippen LogP contribution in [0.3, 0.4) is 0 Å². The maximum absolute atomic E-state index is 12.4. The average Bonchev–Trinajstić information content (AvgIpc) is 3.06.